The Hall–Kier alpha value is -3.62. The van der Waals surface area contributed by atoms with E-state index in [0.717, 1.165) is 34.8 Å². The van der Waals surface area contributed by atoms with Gasteiger partial charge >= 0.3 is 0 Å². The second kappa shape index (κ2) is 9.46. The van der Waals surface area contributed by atoms with Crippen LogP contribution in [-0.2, 0) is 30.9 Å². The minimum absolute atomic E-state index is 0.0409. The van der Waals surface area contributed by atoms with Gasteiger partial charge in [0.1, 0.15) is 29.9 Å². The molecule has 0 spiro atoms. The zero-order chi connectivity index (χ0) is 21.6. The number of nitrogens with one attached hydrogen (secondary N) is 1. The van der Waals surface area contributed by atoms with E-state index in [-0.39, 0.29) is 25.2 Å². The summed E-state index contributed by atoms with van der Waals surface area (Å²) < 4.78 is 17.2. The van der Waals surface area contributed by atoms with Gasteiger partial charge in [-0.25, -0.2) is 0 Å². The second-order valence-corrected chi connectivity index (χ2v) is 7.25. The normalized spacial score (nSPS) is 14.6. The van der Waals surface area contributed by atoms with Crippen LogP contribution in [0.1, 0.15) is 30.8 Å². The average molecular weight is 423 g/mol. The third-order valence-corrected chi connectivity index (χ3v) is 4.75. The van der Waals surface area contributed by atoms with E-state index in [2.05, 4.69) is 20.7 Å². The minimum atomic E-state index is -0.231. The molecule has 0 saturated heterocycles. The molecular formula is C22H25N5O4. The van der Waals surface area contributed by atoms with Gasteiger partial charge in [-0.05, 0) is 43.3 Å². The van der Waals surface area contributed by atoms with Crippen LogP contribution in [0, 0.1) is 0 Å². The van der Waals surface area contributed by atoms with Crippen molar-refractivity contribution in [2.24, 2.45) is 0 Å². The summed E-state index contributed by atoms with van der Waals surface area (Å²) in [6, 6.07) is 13.3. The maximum atomic E-state index is 12.4. The number of fused-ring (bicyclic) bond motifs is 1. The summed E-state index contributed by atoms with van der Waals surface area (Å²) in [5.41, 5.74) is 2.00. The number of para-hydroxylation sites is 1. The van der Waals surface area contributed by atoms with Crippen molar-refractivity contribution in [2.75, 3.05) is 6.61 Å². The first-order chi connectivity index (χ1) is 15.1. The summed E-state index contributed by atoms with van der Waals surface area (Å²) >= 11 is 0. The monoisotopic (exact) mass is 423 g/mol. The van der Waals surface area contributed by atoms with Crippen LogP contribution in [0.5, 0.6) is 17.2 Å². The second-order valence-electron chi connectivity index (χ2n) is 7.25. The van der Waals surface area contributed by atoms with E-state index in [1.807, 2.05) is 56.3 Å². The molecule has 162 valence electrons. The third kappa shape index (κ3) is 5.30. The SMILES string of the molecule is CCOc1cc2c(cc1CNC(=O)Cn1nnc(COc3ccccc3)n1)O[C@H](C)C2. The van der Waals surface area contributed by atoms with Gasteiger partial charge in [-0.3, -0.25) is 4.79 Å². The van der Waals surface area contributed by atoms with Crippen molar-refractivity contribution in [1.82, 2.24) is 25.5 Å². The minimum Gasteiger partial charge on any atom is -0.494 e. The highest BCUT2D eigenvalue weighted by Gasteiger charge is 2.22. The Balaban J connectivity index is 1.32. The van der Waals surface area contributed by atoms with Gasteiger partial charge in [0.15, 0.2) is 6.61 Å². The lowest BCUT2D eigenvalue weighted by atomic mass is 10.1. The van der Waals surface area contributed by atoms with Gasteiger partial charge in [0.2, 0.25) is 11.7 Å². The maximum absolute atomic E-state index is 12.4. The molecule has 0 radical (unpaired) electrons. The molecule has 31 heavy (non-hydrogen) atoms. The number of ether oxygens (including phenoxy) is 3. The molecule has 1 N–H and O–H groups in total. The van der Waals surface area contributed by atoms with Crippen LogP contribution in [0.4, 0.5) is 0 Å². The van der Waals surface area contributed by atoms with E-state index in [1.54, 1.807) is 0 Å². The molecule has 1 aliphatic heterocycles. The molecule has 0 saturated carbocycles. The summed E-state index contributed by atoms with van der Waals surface area (Å²) in [4.78, 5) is 13.6. The van der Waals surface area contributed by atoms with Crippen molar-refractivity contribution < 1.29 is 19.0 Å². The molecule has 1 amide bonds. The Morgan fingerprint density at radius 2 is 2.10 bits per heavy atom. The van der Waals surface area contributed by atoms with E-state index in [1.165, 1.54) is 4.80 Å². The van der Waals surface area contributed by atoms with Crippen LogP contribution in [0.15, 0.2) is 42.5 Å². The van der Waals surface area contributed by atoms with E-state index in [9.17, 15) is 4.79 Å². The lowest BCUT2D eigenvalue weighted by Gasteiger charge is -2.13. The van der Waals surface area contributed by atoms with Crippen LogP contribution >= 0.6 is 0 Å². The molecular weight excluding hydrogens is 398 g/mol. The lowest BCUT2D eigenvalue weighted by molar-refractivity contribution is -0.122. The fourth-order valence-electron chi connectivity index (χ4n) is 3.35. The Labute approximate surface area is 180 Å². The zero-order valence-corrected chi connectivity index (χ0v) is 17.6. The van der Waals surface area contributed by atoms with E-state index in [0.29, 0.717) is 19.0 Å². The summed E-state index contributed by atoms with van der Waals surface area (Å²) in [6.45, 7) is 4.97. The number of rotatable bonds is 9. The number of amides is 1. The highest BCUT2D eigenvalue weighted by molar-refractivity contribution is 5.75. The third-order valence-electron chi connectivity index (χ3n) is 4.75. The molecule has 2 heterocycles. The molecule has 0 unspecified atom stereocenters. The van der Waals surface area contributed by atoms with Crippen LogP contribution in [-0.4, -0.2) is 38.8 Å². The van der Waals surface area contributed by atoms with Crippen LogP contribution in [0.2, 0.25) is 0 Å². The van der Waals surface area contributed by atoms with Gasteiger partial charge in [0, 0.05) is 24.1 Å². The highest BCUT2D eigenvalue weighted by Crippen LogP contribution is 2.35. The molecule has 0 fully saturated rings. The van der Waals surface area contributed by atoms with E-state index >= 15 is 0 Å². The standard InChI is InChI=1S/C22H25N5O4/c1-3-29-19-10-16-9-15(2)31-20(16)11-17(19)12-23-22(28)13-27-25-21(24-26-27)14-30-18-7-5-4-6-8-18/h4-8,10-11,15H,3,9,12-14H2,1-2H3,(H,23,28)/t15-/m1/s1. The molecule has 0 aliphatic carbocycles. The fraction of sp³-hybridized carbons (Fsp3) is 0.364. The molecule has 1 atom stereocenters. The first-order valence-corrected chi connectivity index (χ1v) is 10.3. The topological polar surface area (TPSA) is 100 Å². The van der Waals surface area contributed by atoms with E-state index in [4.69, 9.17) is 14.2 Å². The smallest absolute Gasteiger partial charge is 0.243 e. The Bertz CT molecular complexity index is 1040. The van der Waals surface area contributed by atoms with Crippen molar-refractivity contribution in [2.45, 2.75) is 46.1 Å². The molecule has 9 heteroatoms. The van der Waals surface area contributed by atoms with Crippen molar-refractivity contribution in [3.63, 3.8) is 0 Å². The summed E-state index contributed by atoms with van der Waals surface area (Å²) in [5, 5.41) is 14.9. The molecule has 9 nitrogen and oxygen atoms in total. The molecule has 1 aliphatic rings. The zero-order valence-electron chi connectivity index (χ0n) is 17.6. The van der Waals surface area contributed by atoms with Gasteiger partial charge < -0.3 is 19.5 Å². The number of tetrazole rings is 1. The summed E-state index contributed by atoms with van der Waals surface area (Å²) in [7, 11) is 0. The highest BCUT2D eigenvalue weighted by atomic mass is 16.5. The van der Waals surface area contributed by atoms with Crippen LogP contribution < -0.4 is 19.5 Å². The van der Waals surface area contributed by atoms with Crippen molar-refractivity contribution in [3.8, 4) is 17.2 Å². The van der Waals surface area contributed by atoms with E-state index < -0.39 is 0 Å². The van der Waals surface area contributed by atoms with Gasteiger partial charge in [0.25, 0.3) is 0 Å². The molecule has 0 bridgehead atoms. The number of carbonyl (C=O) groups is 1. The number of aromatic nitrogens is 4. The molecule has 1 aromatic heterocycles. The first kappa shape index (κ1) is 20.6. The summed E-state index contributed by atoms with van der Waals surface area (Å²) in [6.07, 6.45) is 1.00. The van der Waals surface area contributed by atoms with Gasteiger partial charge in [-0.2, -0.15) is 4.80 Å². The van der Waals surface area contributed by atoms with Crippen molar-refractivity contribution in [1.29, 1.82) is 0 Å². The average Bonchev–Trinajstić information content (AvgIpc) is 3.36. The predicted octanol–water partition coefficient (Wildman–Crippen LogP) is 2.29. The molecule has 2 aromatic carbocycles. The van der Waals surface area contributed by atoms with Crippen molar-refractivity contribution >= 4 is 5.91 Å². The number of benzene rings is 2. The largest absolute Gasteiger partial charge is 0.494 e. The quantitative estimate of drug-likeness (QED) is 0.564. The fourth-order valence-corrected chi connectivity index (χ4v) is 3.35. The maximum Gasteiger partial charge on any atom is 0.243 e. The number of hydrogen-bond acceptors (Lipinski definition) is 7. The molecule has 4 rings (SSSR count). The Kier molecular flexibility index (Phi) is 6.30. The number of hydrogen-bond donors (Lipinski definition) is 1. The van der Waals surface area contributed by atoms with Crippen molar-refractivity contribution in [3.05, 3.63) is 59.4 Å². The number of carbonyl (C=O) groups excluding carboxylic acids is 1. The first-order valence-electron chi connectivity index (χ1n) is 10.3. The van der Waals surface area contributed by atoms with Gasteiger partial charge in [-0.1, -0.05) is 18.2 Å². The summed E-state index contributed by atoms with van der Waals surface area (Å²) in [5.74, 6) is 2.50. The predicted molar refractivity (Wildman–Crippen MR) is 112 cm³/mol. The number of nitrogens with zero attached hydrogens (tertiary/aromatic N) is 4. The van der Waals surface area contributed by atoms with Gasteiger partial charge in [-0.15, -0.1) is 10.2 Å². The Morgan fingerprint density at radius 1 is 1.26 bits per heavy atom. The van der Waals surface area contributed by atoms with Crippen LogP contribution in [0.25, 0.3) is 0 Å². The van der Waals surface area contributed by atoms with Gasteiger partial charge in [0.05, 0.1) is 6.61 Å². The molecule has 3 aromatic rings. The van der Waals surface area contributed by atoms with Crippen LogP contribution in [0.3, 0.4) is 0 Å². The Morgan fingerprint density at radius 3 is 2.90 bits per heavy atom. The lowest BCUT2D eigenvalue weighted by Crippen LogP contribution is -2.28.